The number of aromatic hydroxyl groups is 3. The van der Waals surface area contributed by atoms with E-state index in [9.17, 15) is 15.3 Å². The van der Waals surface area contributed by atoms with Crippen LogP contribution in [0.2, 0.25) is 0 Å². The Kier molecular flexibility index (Phi) is 4.80. The second kappa shape index (κ2) is 7.04. The maximum atomic E-state index is 10.4. The standard InChI is InChI=1S/C21H22O5/c1-12(2)4-6-16-18(23)8-13-11-26-20(10-17(13)21(16)25-3)15-7-5-14(22)9-19(15)24/h4-5,7-10,22-24H,6,11H2,1-3H3. The van der Waals surface area contributed by atoms with Gasteiger partial charge in [-0.2, -0.15) is 0 Å². The van der Waals surface area contributed by atoms with Gasteiger partial charge in [-0.25, -0.2) is 0 Å². The maximum absolute atomic E-state index is 10.4. The van der Waals surface area contributed by atoms with Crippen molar-refractivity contribution in [3.63, 3.8) is 0 Å². The van der Waals surface area contributed by atoms with Crippen molar-refractivity contribution < 1.29 is 24.8 Å². The van der Waals surface area contributed by atoms with Gasteiger partial charge in [-0.1, -0.05) is 11.6 Å². The van der Waals surface area contributed by atoms with E-state index in [0.717, 1.165) is 16.7 Å². The summed E-state index contributed by atoms with van der Waals surface area (Å²) in [6.45, 7) is 4.25. The van der Waals surface area contributed by atoms with Crippen molar-refractivity contribution in [3.8, 4) is 23.0 Å². The van der Waals surface area contributed by atoms with E-state index in [-0.39, 0.29) is 23.9 Å². The zero-order valence-electron chi connectivity index (χ0n) is 15.0. The number of fused-ring (bicyclic) bond motifs is 1. The quantitative estimate of drug-likeness (QED) is 0.712. The van der Waals surface area contributed by atoms with Gasteiger partial charge >= 0.3 is 0 Å². The second-order valence-corrected chi connectivity index (χ2v) is 6.46. The summed E-state index contributed by atoms with van der Waals surface area (Å²) in [5.41, 5.74) is 3.96. The lowest BCUT2D eigenvalue weighted by atomic mass is 9.95. The fourth-order valence-electron chi connectivity index (χ4n) is 2.98. The maximum Gasteiger partial charge on any atom is 0.133 e. The van der Waals surface area contributed by atoms with Crippen LogP contribution in [0, 0.1) is 0 Å². The molecule has 1 heterocycles. The van der Waals surface area contributed by atoms with Crippen molar-refractivity contribution in [2.45, 2.75) is 26.9 Å². The monoisotopic (exact) mass is 354 g/mol. The number of benzene rings is 2. The Bertz CT molecular complexity index is 905. The Morgan fingerprint density at radius 2 is 1.92 bits per heavy atom. The number of phenolic OH excluding ortho intramolecular Hbond substituents is 3. The first-order chi connectivity index (χ1) is 12.4. The topological polar surface area (TPSA) is 79.2 Å². The van der Waals surface area contributed by atoms with Crippen molar-refractivity contribution in [1.29, 1.82) is 0 Å². The minimum atomic E-state index is -0.0674. The van der Waals surface area contributed by atoms with Gasteiger partial charge in [0.25, 0.3) is 0 Å². The number of allylic oxidation sites excluding steroid dienone is 2. The number of hydrogen-bond donors (Lipinski definition) is 3. The van der Waals surface area contributed by atoms with Crippen LogP contribution in [-0.4, -0.2) is 22.4 Å². The number of rotatable bonds is 4. The zero-order valence-corrected chi connectivity index (χ0v) is 15.0. The highest BCUT2D eigenvalue weighted by molar-refractivity contribution is 5.85. The average Bonchev–Trinajstić information content (AvgIpc) is 2.59. The molecule has 5 heteroatoms. The normalized spacial score (nSPS) is 12.7. The van der Waals surface area contributed by atoms with Crippen molar-refractivity contribution in [2.75, 3.05) is 7.11 Å². The molecule has 1 aliphatic rings. The van der Waals surface area contributed by atoms with E-state index in [2.05, 4.69) is 0 Å². The molecular weight excluding hydrogens is 332 g/mol. The van der Waals surface area contributed by atoms with Gasteiger partial charge in [-0.05, 0) is 44.5 Å². The fourth-order valence-corrected chi connectivity index (χ4v) is 2.98. The highest BCUT2D eigenvalue weighted by Crippen LogP contribution is 2.42. The molecule has 0 saturated heterocycles. The van der Waals surface area contributed by atoms with Crippen LogP contribution in [0.25, 0.3) is 11.8 Å². The van der Waals surface area contributed by atoms with Crippen LogP contribution in [0.3, 0.4) is 0 Å². The Morgan fingerprint density at radius 3 is 2.58 bits per heavy atom. The van der Waals surface area contributed by atoms with E-state index in [1.807, 2.05) is 19.9 Å². The second-order valence-electron chi connectivity index (χ2n) is 6.46. The molecule has 2 aromatic rings. The van der Waals surface area contributed by atoms with Gasteiger partial charge < -0.3 is 24.8 Å². The van der Waals surface area contributed by atoms with E-state index in [0.29, 0.717) is 29.1 Å². The van der Waals surface area contributed by atoms with Gasteiger partial charge in [-0.3, -0.25) is 0 Å². The fraction of sp³-hybridized carbons (Fsp3) is 0.238. The minimum Gasteiger partial charge on any atom is -0.508 e. The predicted molar refractivity (Wildman–Crippen MR) is 100 cm³/mol. The molecular formula is C21H22O5. The molecule has 3 rings (SSSR count). The number of methoxy groups -OCH3 is 1. The average molecular weight is 354 g/mol. The van der Waals surface area contributed by atoms with Crippen molar-refractivity contribution in [3.05, 3.63) is 58.2 Å². The third-order valence-corrected chi connectivity index (χ3v) is 4.31. The van der Waals surface area contributed by atoms with Gasteiger partial charge in [0.05, 0.1) is 12.7 Å². The molecule has 1 aliphatic heterocycles. The Hall–Kier alpha value is -3.08. The van der Waals surface area contributed by atoms with Crippen LogP contribution < -0.4 is 4.74 Å². The van der Waals surface area contributed by atoms with Gasteiger partial charge in [0.1, 0.15) is 35.4 Å². The Morgan fingerprint density at radius 1 is 1.15 bits per heavy atom. The van der Waals surface area contributed by atoms with Crippen LogP contribution >= 0.6 is 0 Å². The van der Waals surface area contributed by atoms with E-state index >= 15 is 0 Å². The van der Waals surface area contributed by atoms with Crippen LogP contribution in [0.4, 0.5) is 0 Å². The molecule has 136 valence electrons. The Balaban J connectivity index is 2.12. The lowest BCUT2D eigenvalue weighted by Crippen LogP contribution is -2.06. The van der Waals surface area contributed by atoms with E-state index in [1.54, 1.807) is 25.3 Å². The first-order valence-electron chi connectivity index (χ1n) is 8.32. The number of hydrogen-bond acceptors (Lipinski definition) is 5. The van der Waals surface area contributed by atoms with Crippen LogP contribution in [0.1, 0.15) is 36.1 Å². The molecule has 0 radical (unpaired) electrons. The molecule has 3 N–H and O–H groups in total. The lowest BCUT2D eigenvalue weighted by Gasteiger charge is -2.23. The third-order valence-electron chi connectivity index (χ3n) is 4.31. The molecule has 0 spiro atoms. The molecule has 0 unspecified atom stereocenters. The molecule has 26 heavy (non-hydrogen) atoms. The van der Waals surface area contributed by atoms with E-state index in [1.165, 1.54) is 12.1 Å². The molecule has 0 aliphatic carbocycles. The van der Waals surface area contributed by atoms with Gasteiger partial charge in [0, 0.05) is 22.8 Å². The molecule has 5 nitrogen and oxygen atoms in total. The summed E-state index contributed by atoms with van der Waals surface area (Å²) in [6, 6.07) is 6.04. The summed E-state index contributed by atoms with van der Waals surface area (Å²) in [4.78, 5) is 0. The summed E-state index contributed by atoms with van der Waals surface area (Å²) in [5.74, 6) is 1.16. The summed E-state index contributed by atoms with van der Waals surface area (Å²) < 4.78 is 11.3. The first kappa shape index (κ1) is 17.7. The molecule has 0 bridgehead atoms. The van der Waals surface area contributed by atoms with Crippen LogP contribution in [0.5, 0.6) is 23.0 Å². The summed E-state index contributed by atoms with van der Waals surface area (Å²) in [5, 5.41) is 30.0. The molecule has 0 fully saturated rings. The summed E-state index contributed by atoms with van der Waals surface area (Å²) in [7, 11) is 1.57. The van der Waals surface area contributed by atoms with Gasteiger partial charge in [0.15, 0.2) is 0 Å². The minimum absolute atomic E-state index is 0.0189. The first-order valence-corrected chi connectivity index (χ1v) is 8.32. The molecule has 0 amide bonds. The third kappa shape index (κ3) is 3.33. The largest absolute Gasteiger partial charge is 0.508 e. The SMILES string of the molecule is COc1c2c(cc(O)c1CC=C(C)C)COC(c1ccc(O)cc1O)=C2. The predicted octanol–water partition coefficient (Wildman–Crippen LogP) is 4.35. The number of phenols is 3. The smallest absolute Gasteiger partial charge is 0.133 e. The zero-order chi connectivity index (χ0) is 18.8. The van der Waals surface area contributed by atoms with Crippen molar-refractivity contribution in [2.24, 2.45) is 0 Å². The van der Waals surface area contributed by atoms with Crippen LogP contribution in [0.15, 0.2) is 35.9 Å². The number of ether oxygens (including phenoxy) is 2. The highest BCUT2D eigenvalue weighted by atomic mass is 16.5. The molecule has 0 saturated carbocycles. The van der Waals surface area contributed by atoms with Crippen LogP contribution in [-0.2, 0) is 17.8 Å². The lowest BCUT2D eigenvalue weighted by molar-refractivity contribution is 0.258. The van der Waals surface area contributed by atoms with Crippen molar-refractivity contribution >= 4 is 11.8 Å². The summed E-state index contributed by atoms with van der Waals surface area (Å²) >= 11 is 0. The van der Waals surface area contributed by atoms with E-state index < -0.39 is 0 Å². The molecule has 2 aromatic carbocycles. The van der Waals surface area contributed by atoms with Gasteiger partial charge in [-0.15, -0.1) is 0 Å². The van der Waals surface area contributed by atoms with E-state index in [4.69, 9.17) is 9.47 Å². The Labute approximate surface area is 152 Å². The summed E-state index contributed by atoms with van der Waals surface area (Å²) in [6.07, 6.45) is 4.37. The highest BCUT2D eigenvalue weighted by Gasteiger charge is 2.23. The van der Waals surface area contributed by atoms with Gasteiger partial charge in [0.2, 0.25) is 0 Å². The van der Waals surface area contributed by atoms with Crippen molar-refractivity contribution in [1.82, 2.24) is 0 Å². The molecule has 0 aromatic heterocycles. The molecule has 0 atom stereocenters.